The van der Waals surface area contributed by atoms with Crippen LogP contribution in [-0.2, 0) is 20.7 Å². The van der Waals surface area contributed by atoms with Crippen LogP contribution in [0.25, 0.3) is 0 Å². The van der Waals surface area contributed by atoms with Gasteiger partial charge in [0.1, 0.15) is 5.69 Å². The van der Waals surface area contributed by atoms with Crippen molar-refractivity contribution in [3.8, 4) is 0 Å². The average Bonchev–Trinajstić information content (AvgIpc) is 3.04. The molecule has 1 N–H and O–H groups in total. The van der Waals surface area contributed by atoms with Crippen LogP contribution < -0.4 is 5.32 Å². The number of rotatable bonds is 7. The van der Waals surface area contributed by atoms with Crippen molar-refractivity contribution in [3.05, 3.63) is 55.7 Å². The predicted octanol–water partition coefficient (Wildman–Crippen LogP) is 3.42. The molecule has 1 heterocycles. The third kappa shape index (κ3) is 5.32. The number of esters is 1. The molecule has 126 valence electrons. The van der Waals surface area contributed by atoms with E-state index >= 15 is 0 Å². The number of carbonyl (C=O) groups is 2. The standard InChI is InChI=1S/C15H13ClN2O5S/c16-11-2-3-13(18(21)22)12(7-11)17-14(19)8-23-15(20)4-1-10-5-6-24-9-10/h2-3,5-7,9H,1,4,8H2,(H,17,19). The van der Waals surface area contributed by atoms with E-state index in [4.69, 9.17) is 16.3 Å². The number of nitro groups is 1. The lowest BCUT2D eigenvalue weighted by Gasteiger charge is -2.07. The van der Waals surface area contributed by atoms with E-state index in [9.17, 15) is 19.7 Å². The molecule has 0 radical (unpaired) electrons. The normalized spacial score (nSPS) is 10.2. The summed E-state index contributed by atoms with van der Waals surface area (Å²) in [6.07, 6.45) is 0.686. The van der Waals surface area contributed by atoms with Gasteiger partial charge < -0.3 is 10.1 Å². The molecule has 1 aromatic carbocycles. The third-order valence-corrected chi connectivity index (χ3v) is 3.96. The maximum Gasteiger partial charge on any atom is 0.306 e. The van der Waals surface area contributed by atoms with E-state index in [2.05, 4.69) is 5.32 Å². The number of hydrogen-bond donors (Lipinski definition) is 1. The molecule has 0 atom stereocenters. The molecule has 0 fully saturated rings. The van der Waals surface area contributed by atoms with E-state index in [1.165, 1.54) is 29.5 Å². The van der Waals surface area contributed by atoms with Crippen molar-refractivity contribution < 1.29 is 19.2 Å². The first kappa shape index (κ1) is 17.9. The molecular weight excluding hydrogens is 356 g/mol. The maximum absolute atomic E-state index is 11.8. The van der Waals surface area contributed by atoms with Crippen molar-refractivity contribution in [1.82, 2.24) is 0 Å². The van der Waals surface area contributed by atoms with Gasteiger partial charge in [0.2, 0.25) is 0 Å². The zero-order valence-electron chi connectivity index (χ0n) is 12.4. The first-order chi connectivity index (χ1) is 11.5. The lowest BCUT2D eigenvalue weighted by Crippen LogP contribution is -2.21. The number of thiophene rings is 1. The molecular formula is C15H13ClN2O5S. The highest BCUT2D eigenvalue weighted by Gasteiger charge is 2.17. The fourth-order valence-corrected chi connectivity index (χ4v) is 2.73. The van der Waals surface area contributed by atoms with Gasteiger partial charge in [-0.05, 0) is 40.9 Å². The Kier molecular flexibility index (Phi) is 6.28. The second kappa shape index (κ2) is 8.42. The first-order valence-corrected chi connectivity index (χ1v) is 8.18. The number of nitrogens with one attached hydrogen (secondary N) is 1. The topological polar surface area (TPSA) is 98.5 Å². The highest BCUT2D eigenvalue weighted by molar-refractivity contribution is 7.07. The molecule has 0 unspecified atom stereocenters. The molecule has 9 heteroatoms. The van der Waals surface area contributed by atoms with Gasteiger partial charge in [-0.2, -0.15) is 11.3 Å². The summed E-state index contributed by atoms with van der Waals surface area (Å²) >= 11 is 7.30. The molecule has 0 saturated carbocycles. The average molecular weight is 369 g/mol. The number of amides is 1. The summed E-state index contributed by atoms with van der Waals surface area (Å²) in [4.78, 5) is 33.6. The number of nitrogens with zero attached hydrogens (tertiary/aromatic N) is 1. The van der Waals surface area contributed by atoms with Gasteiger partial charge in [0, 0.05) is 17.5 Å². The van der Waals surface area contributed by atoms with Crippen LogP contribution in [0.15, 0.2) is 35.0 Å². The number of nitro benzene ring substituents is 1. The number of halogens is 1. The summed E-state index contributed by atoms with van der Waals surface area (Å²) in [7, 11) is 0. The minimum absolute atomic E-state index is 0.0492. The van der Waals surface area contributed by atoms with Crippen LogP contribution >= 0.6 is 22.9 Å². The Morgan fingerprint density at radius 1 is 1.33 bits per heavy atom. The predicted molar refractivity (Wildman–Crippen MR) is 90.3 cm³/mol. The Bertz CT molecular complexity index is 748. The van der Waals surface area contributed by atoms with Crippen LogP contribution in [0.3, 0.4) is 0 Å². The molecule has 0 spiro atoms. The van der Waals surface area contributed by atoms with Crippen molar-refractivity contribution >= 4 is 46.2 Å². The van der Waals surface area contributed by atoms with Gasteiger partial charge in [0.05, 0.1) is 4.92 Å². The van der Waals surface area contributed by atoms with E-state index < -0.39 is 23.4 Å². The van der Waals surface area contributed by atoms with Crippen molar-refractivity contribution in [2.75, 3.05) is 11.9 Å². The monoisotopic (exact) mass is 368 g/mol. The van der Waals surface area contributed by atoms with Crippen molar-refractivity contribution in [2.24, 2.45) is 0 Å². The number of benzene rings is 1. The molecule has 0 bridgehead atoms. The lowest BCUT2D eigenvalue weighted by molar-refractivity contribution is -0.383. The summed E-state index contributed by atoms with van der Waals surface area (Å²) < 4.78 is 4.85. The molecule has 7 nitrogen and oxygen atoms in total. The molecule has 0 saturated heterocycles. The van der Waals surface area contributed by atoms with Crippen molar-refractivity contribution in [1.29, 1.82) is 0 Å². The Morgan fingerprint density at radius 2 is 2.12 bits per heavy atom. The van der Waals surface area contributed by atoms with Gasteiger partial charge >= 0.3 is 5.97 Å². The summed E-state index contributed by atoms with van der Waals surface area (Å²) in [5, 5.41) is 17.3. The van der Waals surface area contributed by atoms with Crippen molar-refractivity contribution in [2.45, 2.75) is 12.8 Å². The summed E-state index contributed by atoms with van der Waals surface area (Å²) in [6.45, 7) is -0.522. The van der Waals surface area contributed by atoms with Crippen LogP contribution in [0.1, 0.15) is 12.0 Å². The Labute approximate surface area is 146 Å². The third-order valence-electron chi connectivity index (χ3n) is 2.99. The molecule has 24 heavy (non-hydrogen) atoms. The van der Waals surface area contributed by atoms with E-state index in [1.54, 1.807) is 0 Å². The van der Waals surface area contributed by atoms with Crippen LogP contribution in [0, 0.1) is 10.1 Å². The zero-order chi connectivity index (χ0) is 17.5. The Hall–Kier alpha value is -2.45. The van der Waals surface area contributed by atoms with Crippen LogP contribution in [0.5, 0.6) is 0 Å². The molecule has 1 aromatic heterocycles. The minimum Gasteiger partial charge on any atom is -0.456 e. The second-order valence-corrected chi connectivity index (χ2v) is 5.98. The fraction of sp³-hybridized carbons (Fsp3) is 0.200. The zero-order valence-corrected chi connectivity index (χ0v) is 13.9. The van der Waals surface area contributed by atoms with E-state index in [0.29, 0.717) is 6.42 Å². The second-order valence-electron chi connectivity index (χ2n) is 4.76. The maximum atomic E-state index is 11.8. The smallest absolute Gasteiger partial charge is 0.306 e. The van der Waals surface area contributed by atoms with Gasteiger partial charge in [0.25, 0.3) is 11.6 Å². The Balaban J connectivity index is 1.84. The van der Waals surface area contributed by atoms with Gasteiger partial charge in [-0.25, -0.2) is 0 Å². The molecule has 0 aliphatic carbocycles. The van der Waals surface area contributed by atoms with E-state index in [-0.39, 0.29) is 22.8 Å². The summed E-state index contributed by atoms with van der Waals surface area (Å²) in [5.74, 6) is -1.19. The number of hydrogen-bond acceptors (Lipinski definition) is 6. The van der Waals surface area contributed by atoms with Gasteiger partial charge in [-0.15, -0.1) is 0 Å². The number of ether oxygens (including phenoxy) is 1. The first-order valence-electron chi connectivity index (χ1n) is 6.86. The van der Waals surface area contributed by atoms with Gasteiger partial charge in [-0.1, -0.05) is 11.6 Å². The van der Waals surface area contributed by atoms with Crippen LogP contribution in [0.4, 0.5) is 11.4 Å². The fourth-order valence-electron chi connectivity index (χ4n) is 1.85. The van der Waals surface area contributed by atoms with Gasteiger partial charge in [0.15, 0.2) is 6.61 Å². The summed E-state index contributed by atoms with van der Waals surface area (Å²) in [5.41, 5.74) is 0.680. The van der Waals surface area contributed by atoms with Gasteiger partial charge in [-0.3, -0.25) is 19.7 Å². The SMILES string of the molecule is O=C(COC(=O)CCc1ccsc1)Nc1cc(Cl)ccc1[N+](=O)[O-]. The molecule has 2 rings (SSSR count). The number of anilines is 1. The van der Waals surface area contributed by atoms with Crippen LogP contribution in [-0.4, -0.2) is 23.4 Å². The highest BCUT2D eigenvalue weighted by Crippen LogP contribution is 2.27. The van der Waals surface area contributed by atoms with Crippen molar-refractivity contribution in [3.63, 3.8) is 0 Å². The highest BCUT2D eigenvalue weighted by atomic mass is 35.5. The molecule has 0 aliphatic heterocycles. The Morgan fingerprint density at radius 3 is 2.79 bits per heavy atom. The van der Waals surface area contributed by atoms with Crippen LogP contribution in [0.2, 0.25) is 5.02 Å². The van der Waals surface area contributed by atoms with E-state index in [1.807, 2.05) is 16.8 Å². The molecule has 2 aromatic rings. The number of carbonyl (C=O) groups excluding carboxylic acids is 2. The largest absolute Gasteiger partial charge is 0.456 e. The minimum atomic E-state index is -0.677. The molecule has 0 aliphatic rings. The summed E-state index contributed by atoms with van der Waals surface area (Å²) in [6, 6.07) is 5.70. The number of aryl methyl sites for hydroxylation is 1. The lowest BCUT2D eigenvalue weighted by atomic mass is 10.2. The quantitative estimate of drug-likeness (QED) is 0.458. The van der Waals surface area contributed by atoms with E-state index in [0.717, 1.165) is 5.56 Å². The molecule has 1 amide bonds.